The molecule has 0 unspecified atom stereocenters. The van der Waals surface area contributed by atoms with Crippen molar-refractivity contribution in [1.82, 2.24) is 4.98 Å². The van der Waals surface area contributed by atoms with E-state index in [0.29, 0.717) is 16.6 Å². The van der Waals surface area contributed by atoms with Crippen molar-refractivity contribution in [3.8, 4) is 0 Å². The van der Waals surface area contributed by atoms with Gasteiger partial charge in [-0.3, -0.25) is 0 Å². The van der Waals surface area contributed by atoms with Gasteiger partial charge in [-0.15, -0.1) is 11.3 Å². The maximum absolute atomic E-state index is 10.9. The van der Waals surface area contributed by atoms with E-state index in [4.69, 9.17) is 9.52 Å². The Bertz CT molecular complexity index is 519. The molecule has 5 nitrogen and oxygen atoms in total. The number of nitrogens with zero attached hydrogens (tertiary/aromatic N) is 2. The molecule has 0 saturated carbocycles. The van der Waals surface area contributed by atoms with Crippen LogP contribution in [0.15, 0.2) is 23.0 Å². The summed E-state index contributed by atoms with van der Waals surface area (Å²) < 4.78 is 4.98. The Labute approximate surface area is 102 Å². The fourth-order valence-electron chi connectivity index (χ4n) is 1.47. The van der Waals surface area contributed by atoms with Gasteiger partial charge in [-0.2, -0.15) is 0 Å². The first-order valence-electron chi connectivity index (χ1n) is 5.01. The van der Waals surface area contributed by atoms with Crippen LogP contribution in [0.1, 0.15) is 20.9 Å². The highest BCUT2D eigenvalue weighted by Gasteiger charge is 2.16. The molecular weight excluding hydrogens is 240 g/mol. The lowest BCUT2D eigenvalue weighted by atomic mass is 10.3. The first kappa shape index (κ1) is 11.7. The molecule has 0 fully saturated rings. The number of aryl methyl sites for hydroxylation is 1. The van der Waals surface area contributed by atoms with E-state index >= 15 is 0 Å². The Balaban J connectivity index is 2.17. The number of furan rings is 1. The molecule has 0 radical (unpaired) electrons. The predicted molar refractivity (Wildman–Crippen MR) is 64.6 cm³/mol. The Morgan fingerprint density at radius 2 is 2.41 bits per heavy atom. The van der Waals surface area contributed by atoms with E-state index in [-0.39, 0.29) is 5.69 Å². The Morgan fingerprint density at radius 3 is 2.94 bits per heavy atom. The number of hydrogen-bond acceptors (Lipinski definition) is 5. The highest BCUT2D eigenvalue weighted by Crippen LogP contribution is 2.25. The van der Waals surface area contributed by atoms with Crippen molar-refractivity contribution in [2.75, 3.05) is 11.9 Å². The second kappa shape index (κ2) is 4.58. The molecule has 2 rings (SSSR count). The summed E-state index contributed by atoms with van der Waals surface area (Å²) >= 11 is 1.38. The lowest BCUT2D eigenvalue weighted by Gasteiger charge is -2.13. The van der Waals surface area contributed by atoms with Gasteiger partial charge in [0.1, 0.15) is 0 Å². The van der Waals surface area contributed by atoms with Crippen molar-refractivity contribution < 1.29 is 14.3 Å². The van der Waals surface area contributed by atoms with E-state index in [9.17, 15) is 4.79 Å². The minimum absolute atomic E-state index is 0.129. The zero-order valence-corrected chi connectivity index (χ0v) is 10.3. The van der Waals surface area contributed by atoms with Crippen molar-refractivity contribution in [2.45, 2.75) is 13.5 Å². The van der Waals surface area contributed by atoms with E-state index in [1.165, 1.54) is 11.3 Å². The number of carbonyl (C=O) groups is 1. The molecule has 1 N–H and O–H groups in total. The summed E-state index contributed by atoms with van der Waals surface area (Å²) in [6, 6.07) is 1.87. The smallest absolute Gasteiger partial charge is 0.355 e. The molecule has 0 aliphatic heterocycles. The van der Waals surface area contributed by atoms with E-state index in [1.54, 1.807) is 19.5 Å². The number of hydrogen-bond donors (Lipinski definition) is 1. The van der Waals surface area contributed by atoms with Gasteiger partial charge in [0.15, 0.2) is 10.8 Å². The number of thiazole rings is 1. The summed E-state index contributed by atoms with van der Waals surface area (Å²) in [5.74, 6) is -0.985. The lowest BCUT2D eigenvalue weighted by molar-refractivity contribution is 0.0690. The second-order valence-electron chi connectivity index (χ2n) is 3.69. The Kier molecular flexibility index (Phi) is 3.14. The van der Waals surface area contributed by atoms with Gasteiger partial charge in [0.05, 0.1) is 12.5 Å². The van der Waals surface area contributed by atoms with Crippen LogP contribution in [0.2, 0.25) is 0 Å². The van der Waals surface area contributed by atoms with Gasteiger partial charge < -0.3 is 14.4 Å². The molecule has 2 heterocycles. The summed E-state index contributed by atoms with van der Waals surface area (Å²) in [6.07, 6.45) is 3.27. The van der Waals surface area contributed by atoms with Crippen molar-refractivity contribution in [3.63, 3.8) is 0 Å². The molecule has 0 aliphatic rings. The fraction of sp³-hybridized carbons (Fsp3) is 0.273. The SMILES string of the molecule is Cc1sc(N(C)Cc2ccoc2)nc1C(=O)O. The quantitative estimate of drug-likeness (QED) is 0.904. The molecule has 0 aromatic carbocycles. The Hall–Kier alpha value is -1.82. The summed E-state index contributed by atoms with van der Waals surface area (Å²) in [5, 5.41) is 9.62. The first-order valence-corrected chi connectivity index (χ1v) is 5.82. The van der Waals surface area contributed by atoms with E-state index in [0.717, 1.165) is 5.56 Å². The van der Waals surface area contributed by atoms with Crippen molar-refractivity contribution in [2.24, 2.45) is 0 Å². The molecule has 90 valence electrons. The largest absolute Gasteiger partial charge is 0.476 e. The van der Waals surface area contributed by atoms with Crippen LogP contribution in [0.3, 0.4) is 0 Å². The molecule has 17 heavy (non-hydrogen) atoms. The molecule has 0 atom stereocenters. The second-order valence-corrected chi connectivity index (χ2v) is 4.88. The molecule has 6 heteroatoms. The zero-order valence-electron chi connectivity index (χ0n) is 9.51. The fourth-order valence-corrected chi connectivity index (χ4v) is 2.33. The predicted octanol–water partition coefficient (Wildman–Crippen LogP) is 2.38. The monoisotopic (exact) mass is 252 g/mol. The lowest BCUT2D eigenvalue weighted by Crippen LogP contribution is -2.15. The van der Waals surface area contributed by atoms with E-state index in [2.05, 4.69) is 4.98 Å². The van der Waals surface area contributed by atoms with Crippen LogP contribution in [-0.4, -0.2) is 23.1 Å². The van der Waals surface area contributed by atoms with E-state index in [1.807, 2.05) is 18.0 Å². The van der Waals surface area contributed by atoms with Crippen LogP contribution in [0, 0.1) is 6.92 Å². The van der Waals surface area contributed by atoms with Gasteiger partial charge in [-0.1, -0.05) is 0 Å². The topological polar surface area (TPSA) is 66.6 Å². The first-order chi connectivity index (χ1) is 8.08. The third-order valence-electron chi connectivity index (χ3n) is 2.31. The highest BCUT2D eigenvalue weighted by atomic mass is 32.1. The molecule has 0 aliphatic carbocycles. The Morgan fingerprint density at radius 1 is 1.65 bits per heavy atom. The average molecular weight is 252 g/mol. The number of anilines is 1. The number of carboxylic acids is 1. The number of rotatable bonds is 4. The van der Waals surface area contributed by atoms with Crippen molar-refractivity contribution in [3.05, 3.63) is 34.7 Å². The molecule has 2 aromatic rings. The van der Waals surface area contributed by atoms with Gasteiger partial charge in [0.25, 0.3) is 0 Å². The number of aromatic carboxylic acids is 1. The van der Waals surface area contributed by atoms with E-state index < -0.39 is 5.97 Å². The normalized spacial score (nSPS) is 10.5. The maximum Gasteiger partial charge on any atom is 0.355 e. The summed E-state index contributed by atoms with van der Waals surface area (Å²) in [6.45, 7) is 2.40. The van der Waals surface area contributed by atoms with Crippen molar-refractivity contribution in [1.29, 1.82) is 0 Å². The third-order valence-corrected chi connectivity index (χ3v) is 3.40. The van der Waals surface area contributed by atoms with Crippen LogP contribution in [0.4, 0.5) is 5.13 Å². The summed E-state index contributed by atoms with van der Waals surface area (Å²) in [7, 11) is 1.87. The third kappa shape index (κ3) is 2.47. The van der Waals surface area contributed by atoms with Crippen LogP contribution in [-0.2, 0) is 6.54 Å². The average Bonchev–Trinajstić information content (AvgIpc) is 2.86. The van der Waals surface area contributed by atoms with Gasteiger partial charge in [-0.25, -0.2) is 9.78 Å². The van der Waals surface area contributed by atoms with Crippen LogP contribution in [0.25, 0.3) is 0 Å². The van der Waals surface area contributed by atoms with Gasteiger partial charge >= 0.3 is 5.97 Å². The number of carboxylic acid groups (broad SMARTS) is 1. The highest BCUT2D eigenvalue weighted by molar-refractivity contribution is 7.15. The van der Waals surface area contributed by atoms with Gasteiger partial charge in [-0.05, 0) is 13.0 Å². The zero-order chi connectivity index (χ0) is 12.4. The van der Waals surface area contributed by atoms with Crippen molar-refractivity contribution >= 4 is 22.4 Å². The summed E-state index contributed by atoms with van der Waals surface area (Å²) in [5.41, 5.74) is 1.15. The number of aromatic nitrogens is 1. The molecular formula is C11H12N2O3S. The van der Waals surface area contributed by atoms with Gasteiger partial charge in [0.2, 0.25) is 0 Å². The molecule has 0 saturated heterocycles. The molecule has 0 spiro atoms. The maximum atomic E-state index is 10.9. The standard InChI is InChI=1S/C11H12N2O3S/c1-7-9(10(14)15)12-11(17-7)13(2)5-8-3-4-16-6-8/h3-4,6H,5H2,1-2H3,(H,14,15). The molecule has 2 aromatic heterocycles. The minimum Gasteiger partial charge on any atom is -0.476 e. The van der Waals surface area contributed by atoms with Crippen LogP contribution in [0.5, 0.6) is 0 Å². The van der Waals surface area contributed by atoms with Gasteiger partial charge in [0, 0.05) is 24.0 Å². The summed E-state index contributed by atoms with van der Waals surface area (Å²) in [4.78, 5) is 17.6. The molecule has 0 bridgehead atoms. The molecule has 0 amide bonds. The van der Waals surface area contributed by atoms with Crippen LogP contribution < -0.4 is 4.90 Å². The minimum atomic E-state index is -0.985. The van der Waals surface area contributed by atoms with Crippen LogP contribution >= 0.6 is 11.3 Å².